The van der Waals surface area contributed by atoms with Gasteiger partial charge in [-0.25, -0.2) is 0 Å². The zero-order valence-corrected chi connectivity index (χ0v) is 13.2. The summed E-state index contributed by atoms with van der Waals surface area (Å²) in [6, 6.07) is 3.89. The Hall–Kier alpha value is -0.430. The third-order valence-corrected chi connectivity index (χ3v) is 5.24. The number of ether oxygens (including phenoxy) is 1. The fourth-order valence-electron chi connectivity index (χ4n) is 2.02. The van der Waals surface area contributed by atoms with Crippen LogP contribution in [-0.2, 0) is 9.53 Å². The van der Waals surface area contributed by atoms with Crippen molar-refractivity contribution < 1.29 is 14.6 Å². The molecule has 0 bridgehead atoms. The summed E-state index contributed by atoms with van der Waals surface area (Å²) >= 11 is 4.95. The van der Waals surface area contributed by atoms with Crippen LogP contribution >= 0.6 is 27.3 Å². The summed E-state index contributed by atoms with van der Waals surface area (Å²) in [7, 11) is 0. The summed E-state index contributed by atoms with van der Waals surface area (Å²) in [5, 5.41) is 13.1. The molecule has 106 valence electrons. The lowest BCUT2D eigenvalue weighted by Gasteiger charge is -2.32. The Bertz CT molecular complexity index is 443. The number of nitrogens with one attached hydrogen (secondary N) is 1. The van der Waals surface area contributed by atoms with Crippen molar-refractivity contribution >= 4 is 33.2 Å². The Balaban J connectivity index is 1.87. The van der Waals surface area contributed by atoms with E-state index in [1.807, 2.05) is 19.1 Å². The van der Waals surface area contributed by atoms with Crippen molar-refractivity contribution in [3.8, 4) is 0 Å². The topological polar surface area (TPSA) is 58.6 Å². The van der Waals surface area contributed by atoms with Crippen LogP contribution in [0.3, 0.4) is 0 Å². The first-order valence-electron chi connectivity index (χ1n) is 6.33. The van der Waals surface area contributed by atoms with Gasteiger partial charge in [-0.1, -0.05) is 0 Å². The van der Waals surface area contributed by atoms with Crippen LogP contribution in [-0.4, -0.2) is 36.4 Å². The molecule has 1 aromatic rings. The van der Waals surface area contributed by atoms with Gasteiger partial charge < -0.3 is 15.2 Å². The molecule has 1 aliphatic rings. The molecule has 1 aliphatic heterocycles. The second kappa shape index (κ2) is 6.35. The SMILES string of the molecule is CC(C(=O)NCC1(O)CCOCC1)c1ccc(Br)s1. The quantitative estimate of drug-likeness (QED) is 0.878. The second-order valence-corrected chi connectivity index (χ2v) is 7.41. The first-order chi connectivity index (χ1) is 9.00. The molecule has 0 aliphatic carbocycles. The summed E-state index contributed by atoms with van der Waals surface area (Å²) in [6.45, 7) is 3.29. The maximum atomic E-state index is 12.1. The van der Waals surface area contributed by atoms with Crippen molar-refractivity contribution in [3.05, 3.63) is 20.8 Å². The molecule has 2 N–H and O–H groups in total. The molecule has 1 aromatic heterocycles. The highest BCUT2D eigenvalue weighted by atomic mass is 79.9. The number of hydrogen-bond donors (Lipinski definition) is 2. The largest absolute Gasteiger partial charge is 0.388 e. The van der Waals surface area contributed by atoms with Crippen LogP contribution in [0.1, 0.15) is 30.6 Å². The predicted molar refractivity (Wildman–Crippen MR) is 78.4 cm³/mol. The van der Waals surface area contributed by atoms with Crippen LogP contribution in [0.25, 0.3) is 0 Å². The Kier molecular flexibility index (Phi) is 5.00. The summed E-state index contributed by atoms with van der Waals surface area (Å²) < 4.78 is 6.23. The van der Waals surface area contributed by atoms with E-state index in [0.717, 1.165) is 8.66 Å². The summed E-state index contributed by atoms with van der Waals surface area (Å²) in [6.07, 6.45) is 1.15. The molecular weight excluding hydrogens is 330 g/mol. The van der Waals surface area contributed by atoms with Gasteiger partial charge in [-0.15, -0.1) is 11.3 Å². The van der Waals surface area contributed by atoms with E-state index in [4.69, 9.17) is 4.74 Å². The molecule has 1 fully saturated rings. The molecule has 2 heterocycles. The first kappa shape index (κ1) is 15.0. The number of carbonyl (C=O) groups excluding carboxylic acids is 1. The Morgan fingerprint density at radius 2 is 2.26 bits per heavy atom. The van der Waals surface area contributed by atoms with E-state index in [9.17, 15) is 9.90 Å². The molecule has 1 atom stereocenters. The molecule has 0 aromatic carbocycles. The van der Waals surface area contributed by atoms with Crippen LogP contribution < -0.4 is 5.32 Å². The molecule has 19 heavy (non-hydrogen) atoms. The fraction of sp³-hybridized carbons (Fsp3) is 0.615. The molecule has 0 saturated carbocycles. The molecule has 1 amide bonds. The lowest BCUT2D eigenvalue weighted by Crippen LogP contribution is -2.47. The van der Waals surface area contributed by atoms with Gasteiger partial charge in [0.25, 0.3) is 0 Å². The Labute approximate surface area is 125 Å². The zero-order chi connectivity index (χ0) is 13.9. The molecule has 4 nitrogen and oxygen atoms in total. The molecule has 0 spiro atoms. The van der Waals surface area contributed by atoms with Gasteiger partial charge in [0.15, 0.2) is 0 Å². The zero-order valence-electron chi connectivity index (χ0n) is 10.8. The monoisotopic (exact) mass is 347 g/mol. The summed E-state index contributed by atoms with van der Waals surface area (Å²) in [5.41, 5.74) is -0.816. The normalized spacial score (nSPS) is 19.9. The molecule has 0 radical (unpaired) electrons. The second-order valence-electron chi connectivity index (χ2n) is 4.92. The number of aliphatic hydroxyl groups is 1. The minimum Gasteiger partial charge on any atom is -0.388 e. The lowest BCUT2D eigenvalue weighted by atomic mass is 9.94. The van der Waals surface area contributed by atoms with Gasteiger partial charge in [-0.3, -0.25) is 4.79 Å². The molecular formula is C13H18BrNO3S. The highest BCUT2D eigenvalue weighted by Gasteiger charge is 2.30. The highest BCUT2D eigenvalue weighted by molar-refractivity contribution is 9.11. The maximum absolute atomic E-state index is 12.1. The average molecular weight is 348 g/mol. The minimum atomic E-state index is -0.816. The van der Waals surface area contributed by atoms with Crippen LogP contribution in [0.4, 0.5) is 0 Å². The van der Waals surface area contributed by atoms with Gasteiger partial charge in [-0.05, 0) is 35.0 Å². The van der Waals surface area contributed by atoms with E-state index in [-0.39, 0.29) is 11.8 Å². The number of hydrogen-bond acceptors (Lipinski definition) is 4. The van der Waals surface area contributed by atoms with Crippen molar-refractivity contribution in [2.24, 2.45) is 0 Å². The molecule has 6 heteroatoms. The Morgan fingerprint density at radius 1 is 1.58 bits per heavy atom. The fourth-order valence-corrected chi connectivity index (χ4v) is 3.50. The standard InChI is InChI=1S/C13H18BrNO3S/c1-9(10-2-3-11(14)19-10)12(16)15-8-13(17)4-6-18-7-5-13/h2-3,9,17H,4-8H2,1H3,(H,15,16). The van der Waals surface area contributed by atoms with E-state index < -0.39 is 5.60 Å². The van der Waals surface area contributed by atoms with E-state index in [0.29, 0.717) is 32.6 Å². The third-order valence-electron chi connectivity index (χ3n) is 3.43. The van der Waals surface area contributed by atoms with Crippen molar-refractivity contribution in [1.82, 2.24) is 5.32 Å². The van der Waals surface area contributed by atoms with Gasteiger partial charge in [0.05, 0.1) is 15.3 Å². The third kappa shape index (κ3) is 4.02. The number of amides is 1. The van der Waals surface area contributed by atoms with Crippen LogP contribution in [0.5, 0.6) is 0 Å². The van der Waals surface area contributed by atoms with Gasteiger partial charge in [0.1, 0.15) is 0 Å². The van der Waals surface area contributed by atoms with E-state index in [1.54, 1.807) is 11.3 Å². The molecule has 1 unspecified atom stereocenters. The van der Waals surface area contributed by atoms with Crippen molar-refractivity contribution in [3.63, 3.8) is 0 Å². The van der Waals surface area contributed by atoms with Crippen molar-refractivity contribution in [2.45, 2.75) is 31.3 Å². The highest BCUT2D eigenvalue weighted by Crippen LogP contribution is 2.28. The van der Waals surface area contributed by atoms with Gasteiger partial charge >= 0.3 is 0 Å². The summed E-state index contributed by atoms with van der Waals surface area (Å²) in [5.74, 6) is -0.242. The summed E-state index contributed by atoms with van der Waals surface area (Å²) in [4.78, 5) is 13.1. The molecule has 1 saturated heterocycles. The average Bonchev–Trinajstić information content (AvgIpc) is 2.83. The number of halogens is 1. The minimum absolute atomic E-state index is 0.0470. The van der Waals surface area contributed by atoms with Gasteiger partial charge in [0, 0.05) is 37.5 Å². The van der Waals surface area contributed by atoms with Crippen LogP contribution in [0.2, 0.25) is 0 Å². The van der Waals surface area contributed by atoms with Crippen molar-refractivity contribution in [1.29, 1.82) is 0 Å². The maximum Gasteiger partial charge on any atom is 0.228 e. The number of thiophene rings is 1. The van der Waals surface area contributed by atoms with Crippen LogP contribution in [0, 0.1) is 0 Å². The number of carbonyl (C=O) groups is 1. The van der Waals surface area contributed by atoms with E-state index in [2.05, 4.69) is 21.2 Å². The Morgan fingerprint density at radius 3 is 2.84 bits per heavy atom. The predicted octanol–water partition coefficient (Wildman–Crippen LogP) is 2.27. The van der Waals surface area contributed by atoms with Crippen LogP contribution in [0.15, 0.2) is 15.9 Å². The smallest absolute Gasteiger partial charge is 0.228 e. The van der Waals surface area contributed by atoms with Gasteiger partial charge in [0.2, 0.25) is 5.91 Å². The number of rotatable bonds is 4. The lowest BCUT2D eigenvalue weighted by molar-refractivity contribution is -0.125. The van der Waals surface area contributed by atoms with E-state index in [1.165, 1.54) is 0 Å². The van der Waals surface area contributed by atoms with Gasteiger partial charge in [-0.2, -0.15) is 0 Å². The van der Waals surface area contributed by atoms with E-state index >= 15 is 0 Å². The van der Waals surface area contributed by atoms with Crippen molar-refractivity contribution in [2.75, 3.05) is 19.8 Å². The first-order valence-corrected chi connectivity index (χ1v) is 7.94. The molecule has 2 rings (SSSR count).